The Morgan fingerprint density at radius 3 is 2.37 bits per heavy atom. The van der Waals surface area contributed by atoms with Crippen molar-refractivity contribution in [1.82, 2.24) is 40.0 Å². The number of carbonyl (C=O) groups excluding carboxylic acids is 5. The van der Waals surface area contributed by atoms with Gasteiger partial charge in [-0.3, -0.25) is 24.2 Å². The second-order valence-electron chi connectivity index (χ2n) is 19.2. The average Bonchev–Trinajstić information content (AvgIpc) is 3.99. The van der Waals surface area contributed by atoms with E-state index < -0.39 is 23.6 Å². The van der Waals surface area contributed by atoms with Crippen molar-refractivity contribution >= 4 is 79.0 Å². The number of alkyl carbamates (subject to hydrolysis) is 1. The van der Waals surface area contributed by atoms with Crippen LogP contribution in [0.5, 0.6) is 0 Å². The molecule has 4 amide bonds. The van der Waals surface area contributed by atoms with E-state index in [1.807, 2.05) is 39.0 Å². The summed E-state index contributed by atoms with van der Waals surface area (Å²) in [5.41, 5.74) is 9.49. The number of halogens is 1. The zero-order valence-corrected chi connectivity index (χ0v) is 43.5. The van der Waals surface area contributed by atoms with E-state index >= 15 is 4.79 Å². The van der Waals surface area contributed by atoms with Gasteiger partial charge in [0.05, 0.1) is 65.8 Å². The van der Waals surface area contributed by atoms with Crippen LogP contribution in [0.3, 0.4) is 0 Å². The minimum absolute atomic E-state index is 0.113. The summed E-state index contributed by atoms with van der Waals surface area (Å²) in [5.74, 6) is -2.07. The van der Waals surface area contributed by atoms with Gasteiger partial charge in [0.1, 0.15) is 12.2 Å². The highest BCUT2D eigenvalue weighted by atomic mass is 79.9. The molecule has 2 aromatic rings. The summed E-state index contributed by atoms with van der Waals surface area (Å²) in [6.45, 7) is 20.0. The Hall–Kier alpha value is -5.69. The number of nitrogens with zero attached hydrogens (tertiary/aromatic N) is 5. The number of hydrogen-bond donors (Lipinski definition) is 3. The highest BCUT2D eigenvalue weighted by molar-refractivity contribution is 9.09. The molecule has 0 unspecified atom stereocenters. The third-order valence-corrected chi connectivity index (χ3v) is 13.7. The summed E-state index contributed by atoms with van der Waals surface area (Å²) >= 11 is 3.33. The van der Waals surface area contributed by atoms with Crippen molar-refractivity contribution in [1.29, 1.82) is 0 Å². The number of hydrogen-bond acceptors (Lipinski definition) is 12. The van der Waals surface area contributed by atoms with Gasteiger partial charge in [-0.25, -0.2) is 19.6 Å². The number of amides is 4. The number of esters is 1. The predicted octanol–water partition coefficient (Wildman–Crippen LogP) is 7.71. The lowest BCUT2D eigenvalue weighted by molar-refractivity contribution is -0.139. The molecule has 5 aliphatic heterocycles. The molecule has 2 aromatic heterocycles. The van der Waals surface area contributed by atoms with E-state index in [-0.39, 0.29) is 62.9 Å². The van der Waals surface area contributed by atoms with Gasteiger partial charge in [-0.1, -0.05) is 29.8 Å². The molecule has 0 aliphatic carbocycles. The quantitative estimate of drug-likeness (QED) is 0.0459. The number of allylic oxidation sites excluding steroid dienone is 5. The van der Waals surface area contributed by atoms with Crippen molar-refractivity contribution < 1.29 is 42.9 Å². The Morgan fingerprint density at radius 2 is 1.66 bits per heavy atom. The van der Waals surface area contributed by atoms with Crippen molar-refractivity contribution in [3.05, 3.63) is 81.2 Å². The number of likely N-dealkylation sites (N-methyl/N-ethyl adjacent to an activating group) is 1. The maximum Gasteiger partial charge on any atom is 0.407 e. The molecule has 17 nitrogen and oxygen atoms in total. The number of aryl methyl sites for hydroxylation is 1. The second kappa shape index (κ2) is 22.6. The molecular formula is C52H67BrN8O9. The molecule has 0 saturated carbocycles. The number of alkyl halides is 1. The Labute approximate surface area is 418 Å². The first-order valence-electron chi connectivity index (χ1n) is 24.2. The van der Waals surface area contributed by atoms with Gasteiger partial charge in [0, 0.05) is 98.5 Å². The highest BCUT2D eigenvalue weighted by Crippen LogP contribution is 2.45. The third-order valence-electron chi connectivity index (χ3n) is 13.4. The third kappa shape index (κ3) is 11.7. The number of morpholine rings is 1. The van der Waals surface area contributed by atoms with Crippen LogP contribution in [0.4, 0.5) is 4.79 Å². The molecule has 70 heavy (non-hydrogen) atoms. The van der Waals surface area contributed by atoms with Crippen molar-refractivity contribution in [2.24, 2.45) is 0 Å². The Kier molecular flexibility index (Phi) is 16.8. The summed E-state index contributed by atoms with van der Waals surface area (Å²) in [5, 5.41) is 3.41. The summed E-state index contributed by atoms with van der Waals surface area (Å²) in [4.78, 5) is 91.8. The monoisotopic (exact) mass is 1030 g/mol. The molecule has 5 aliphatic rings. The minimum atomic E-state index is -0.656. The van der Waals surface area contributed by atoms with Gasteiger partial charge in [0.25, 0.3) is 11.8 Å². The van der Waals surface area contributed by atoms with E-state index in [2.05, 4.69) is 50.0 Å². The van der Waals surface area contributed by atoms with Gasteiger partial charge < -0.3 is 39.1 Å². The number of aromatic nitrogens is 4. The van der Waals surface area contributed by atoms with Gasteiger partial charge >= 0.3 is 12.1 Å². The molecule has 0 aromatic carbocycles. The van der Waals surface area contributed by atoms with E-state index in [4.69, 9.17) is 28.9 Å². The van der Waals surface area contributed by atoms with Crippen LogP contribution in [0.2, 0.25) is 0 Å². The summed E-state index contributed by atoms with van der Waals surface area (Å²) in [6.07, 6.45) is 3.73. The van der Waals surface area contributed by atoms with Crippen LogP contribution in [0, 0.1) is 6.92 Å². The van der Waals surface area contributed by atoms with Crippen LogP contribution in [-0.4, -0.2) is 155 Å². The first-order chi connectivity index (χ1) is 33.4. The van der Waals surface area contributed by atoms with Crippen molar-refractivity contribution in [2.45, 2.75) is 92.1 Å². The molecule has 0 spiro atoms. The lowest BCUT2D eigenvalue weighted by Gasteiger charge is -2.31. The van der Waals surface area contributed by atoms with Crippen LogP contribution in [0.1, 0.15) is 140 Å². The van der Waals surface area contributed by atoms with Gasteiger partial charge in [-0.2, -0.15) is 0 Å². The lowest BCUT2D eigenvalue weighted by Crippen LogP contribution is -2.47. The van der Waals surface area contributed by atoms with Gasteiger partial charge in [-0.05, 0) is 101 Å². The zero-order valence-electron chi connectivity index (χ0n) is 41.9. The van der Waals surface area contributed by atoms with E-state index in [0.717, 1.165) is 33.7 Å². The maximum atomic E-state index is 15.2. The largest absolute Gasteiger partial charge is 0.460 e. The topological polar surface area (TPSA) is 201 Å². The van der Waals surface area contributed by atoms with E-state index in [1.165, 1.54) is 11.0 Å². The molecule has 3 N–H and O–H groups in total. The summed E-state index contributed by atoms with van der Waals surface area (Å²) in [6, 6.07) is 5.86. The molecule has 376 valence electrons. The molecule has 2 atom stereocenters. The van der Waals surface area contributed by atoms with Gasteiger partial charge in [0.2, 0.25) is 5.91 Å². The normalized spacial score (nSPS) is 17.9. The molecule has 1 fully saturated rings. The minimum Gasteiger partial charge on any atom is -0.460 e. The first kappa shape index (κ1) is 52.1. The molecule has 8 bridgehead atoms. The predicted molar refractivity (Wildman–Crippen MR) is 272 cm³/mol. The van der Waals surface area contributed by atoms with Gasteiger partial charge in [0.15, 0.2) is 0 Å². The van der Waals surface area contributed by atoms with Crippen LogP contribution in [0.25, 0.3) is 33.3 Å². The highest BCUT2D eigenvalue weighted by Gasteiger charge is 2.41. The van der Waals surface area contributed by atoms with Crippen LogP contribution >= 0.6 is 15.9 Å². The van der Waals surface area contributed by atoms with Crippen molar-refractivity contribution in [3.8, 4) is 0 Å². The number of fused-ring (bicyclic) bond motifs is 8. The summed E-state index contributed by atoms with van der Waals surface area (Å²) in [7, 11) is 1.70. The molecule has 0 radical (unpaired) electrons. The molecule has 7 rings (SSSR count). The number of aromatic amines is 2. The Balaban J connectivity index is 1.36. The molecule has 18 heteroatoms. The molecule has 1 saturated heterocycles. The Bertz CT molecular complexity index is 2690. The summed E-state index contributed by atoms with van der Waals surface area (Å²) < 4.78 is 21.8. The van der Waals surface area contributed by atoms with E-state index in [9.17, 15) is 19.2 Å². The number of rotatable bonds is 17. The number of imide groups is 1. The fraction of sp³-hybridized carbons (Fsp3) is 0.519. The zero-order chi connectivity index (χ0) is 50.4. The average molecular weight is 1030 g/mol. The SMILES string of the molecule is CCC1=C(C)c2cc3nc(cc4[nH]c(c5c6[nH]c(cc1n2)c(C)c6C(=O)N(CCN1CCOCC1)C5=O)[C@@H](CCC(=O)N(C)CCNC(=O)OC(C)(C)C)[C@@H]4C)C(C)=C3/C=C/C(=O)OCCOCCBr. The maximum absolute atomic E-state index is 15.2. The second-order valence-corrected chi connectivity index (χ2v) is 20.0. The number of H-pyrrole nitrogens is 2. The first-order valence-corrected chi connectivity index (χ1v) is 25.4. The Morgan fingerprint density at radius 1 is 0.943 bits per heavy atom. The smallest absolute Gasteiger partial charge is 0.407 e. The number of nitrogens with one attached hydrogen (secondary N) is 3. The van der Waals surface area contributed by atoms with Crippen LogP contribution in [0.15, 0.2) is 30.4 Å². The molecule has 7 heterocycles. The fourth-order valence-corrected chi connectivity index (χ4v) is 9.67. The van der Waals surface area contributed by atoms with Crippen molar-refractivity contribution in [2.75, 3.05) is 84.7 Å². The number of carbonyl (C=O) groups is 5. The number of ether oxygens (including phenoxy) is 4. The molecular weight excluding hydrogens is 961 g/mol. The van der Waals surface area contributed by atoms with Crippen LogP contribution in [-0.2, 0) is 28.5 Å². The van der Waals surface area contributed by atoms with E-state index in [1.54, 1.807) is 38.8 Å². The fourth-order valence-electron chi connectivity index (χ4n) is 9.44. The standard InChI is InChI=1S/C52H67BrN8O9/c1-10-34-30(2)38-28-42-35(12-14-44(63)69-26-25-67-22-15-53)31(3)37(56-42)27-39-32(4)36(11-13-43(62)59(9)17-16-54-51(66)70-52(6,7)8)47(57-39)46-48-45(33(5)40(58-48)29-41(34)55-38)49(64)61(50(46)65)19-18-60-20-23-68-24-21-60/h12,14,27-29,32,36,57-58H,10-11,13,15-26H2,1-9H3,(H,54,66)/b14-12+,39-27?,41-29?,42-28?,47-46?/t32-,36-/m0/s1. The van der Waals surface area contributed by atoms with Crippen molar-refractivity contribution in [3.63, 3.8) is 0 Å². The lowest BCUT2D eigenvalue weighted by atomic mass is 9.84. The van der Waals surface area contributed by atoms with E-state index in [0.29, 0.717) is 108 Å². The van der Waals surface area contributed by atoms with Crippen LogP contribution < -0.4 is 5.32 Å². The van der Waals surface area contributed by atoms with Gasteiger partial charge in [-0.15, -0.1) is 0 Å².